The predicted molar refractivity (Wildman–Crippen MR) is 111 cm³/mol. The third-order valence-electron chi connectivity index (χ3n) is 4.84. The number of carbonyl (C=O) groups is 2. The Labute approximate surface area is 179 Å². The summed E-state index contributed by atoms with van der Waals surface area (Å²) in [4.78, 5) is 25.1. The molecule has 0 atom stereocenters. The van der Waals surface area contributed by atoms with Crippen LogP contribution in [-0.4, -0.2) is 18.5 Å². The van der Waals surface area contributed by atoms with Crippen LogP contribution in [0.5, 0.6) is 17.2 Å². The Hall–Kier alpha value is -2.83. The van der Waals surface area contributed by atoms with Crippen molar-refractivity contribution in [3.63, 3.8) is 0 Å². The molecule has 0 bridgehead atoms. The van der Waals surface area contributed by atoms with Gasteiger partial charge in [0.2, 0.25) is 5.78 Å². The van der Waals surface area contributed by atoms with Crippen LogP contribution in [0.3, 0.4) is 0 Å². The van der Waals surface area contributed by atoms with Gasteiger partial charge >= 0.3 is 5.97 Å². The van der Waals surface area contributed by atoms with Crippen LogP contribution in [0.2, 0.25) is 5.02 Å². The van der Waals surface area contributed by atoms with Gasteiger partial charge in [-0.05, 0) is 58.0 Å². The highest BCUT2D eigenvalue weighted by Crippen LogP contribution is 2.41. The number of halogens is 1. The van der Waals surface area contributed by atoms with E-state index >= 15 is 0 Å². The van der Waals surface area contributed by atoms with Crippen LogP contribution in [0.15, 0.2) is 30.0 Å². The van der Waals surface area contributed by atoms with Gasteiger partial charge in [0.05, 0.1) is 17.6 Å². The lowest BCUT2D eigenvalue weighted by molar-refractivity contribution is -0.143. The lowest BCUT2D eigenvalue weighted by atomic mass is 9.97. The Kier molecular flexibility index (Phi) is 5.08. The summed E-state index contributed by atoms with van der Waals surface area (Å²) in [6, 6.07) is 6.70. The molecule has 0 saturated carbocycles. The molecule has 2 heterocycles. The van der Waals surface area contributed by atoms with Crippen molar-refractivity contribution in [1.29, 1.82) is 0 Å². The molecule has 0 fully saturated rings. The molecule has 2 aliphatic rings. The van der Waals surface area contributed by atoms with E-state index in [1.165, 1.54) is 0 Å². The van der Waals surface area contributed by atoms with Crippen molar-refractivity contribution >= 4 is 29.4 Å². The van der Waals surface area contributed by atoms with Crippen molar-refractivity contribution in [1.82, 2.24) is 0 Å². The smallest absolute Gasteiger partial charge is 0.316 e. The van der Waals surface area contributed by atoms with Gasteiger partial charge in [-0.3, -0.25) is 9.59 Å². The van der Waals surface area contributed by atoms with E-state index in [0.29, 0.717) is 45.6 Å². The standard InChI is InChI=1S/C23H21ClO6/c1-12-17(30-22(26)23(2,3)4)6-5-16-19(25)18(29-20(12)16)9-13-7-15(24)8-14-10-27-11-28-21(13)14/h5-9H,10-11H2,1-4H3/b18-9-. The molecule has 0 aromatic heterocycles. The van der Waals surface area contributed by atoms with Crippen molar-refractivity contribution in [2.45, 2.75) is 34.3 Å². The van der Waals surface area contributed by atoms with Crippen molar-refractivity contribution in [3.05, 3.63) is 57.3 Å². The number of fused-ring (bicyclic) bond motifs is 2. The topological polar surface area (TPSA) is 71.1 Å². The highest BCUT2D eigenvalue weighted by molar-refractivity contribution is 6.31. The fourth-order valence-electron chi connectivity index (χ4n) is 3.19. The number of hydrogen-bond donors (Lipinski definition) is 0. The van der Waals surface area contributed by atoms with E-state index < -0.39 is 5.41 Å². The molecule has 30 heavy (non-hydrogen) atoms. The molecular formula is C23H21ClO6. The molecule has 4 rings (SSSR count). The summed E-state index contributed by atoms with van der Waals surface area (Å²) < 4.78 is 22.3. The second kappa shape index (κ2) is 7.45. The SMILES string of the molecule is Cc1c(OC(=O)C(C)(C)C)ccc2c1O/C(=C\c1cc(Cl)cc3c1OCOC3)C2=O. The van der Waals surface area contributed by atoms with Crippen molar-refractivity contribution in [2.75, 3.05) is 6.79 Å². The highest BCUT2D eigenvalue weighted by atomic mass is 35.5. The predicted octanol–water partition coefficient (Wildman–Crippen LogP) is 5.08. The summed E-state index contributed by atoms with van der Waals surface area (Å²) in [5.41, 5.74) is 1.78. The summed E-state index contributed by atoms with van der Waals surface area (Å²) in [5.74, 6) is 0.876. The van der Waals surface area contributed by atoms with E-state index in [1.54, 1.807) is 58.0 Å². The van der Waals surface area contributed by atoms with Gasteiger partial charge in [-0.2, -0.15) is 0 Å². The number of esters is 1. The van der Waals surface area contributed by atoms with Crippen LogP contribution >= 0.6 is 11.6 Å². The largest absolute Gasteiger partial charge is 0.467 e. The minimum Gasteiger partial charge on any atom is -0.467 e. The van der Waals surface area contributed by atoms with Gasteiger partial charge in [0.15, 0.2) is 12.6 Å². The molecule has 6 nitrogen and oxygen atoms in total. The second-order valence-corrected chi connectivity index (χ2v) is 8.68. The molecule has 0 spiro atoms. The van der Waals surface area contributed by atoms with E-state index in [-0.39, 0.29) is 24.3 Å². The highest BCUT2D eigenvalue weighted by Gasteiger charge is 2.32. The first-order valence-electron chi connectivity index (χ1n) is 9.48. The molecule has 2 aromatic carbocycles. The van der Waals surface area contributed by atoms with Gasteiger partial charge in [-0.25, -0.2) is 0 Å². The summed E-state index contributed by atoms with van der Waals surface area (Å²) in [6.45, 7) is 7.58. The summed E-state index contributed by atoms with van der Waals surface area (Å²) in [7, 11) is 0. The van der Waals surface area contributed by atoms with Gasteiger partial charge in [0.25, 0.3) is 0 Å². The normalized spacial score (nSPS) is 16.6. The zero-order valence-electron chi connectivity index (χ0n) is 17.1. The third-order valence-corrected chi connectivity index (χ3v) is 5.06. The number of ether oxygens (including phenoxy) is 4. The quantitative estimate of drug-likeness (QED) is 0.377. The van der Waals surface area contributed by atoms with Crippen LogP contribution < -0.4 is 14.2 Å². The fourth-order valence-corrected chi connectivity index (χ4v) is 3.44. The van der Waals surface area contributed by atoms with Crippen LogP contribution in [-0.2, 0) is 16.1 Å². The molecule has 0 unspecified atom stereocenters. The lowest BCUT2D eigenvalue weighted by Crippen LogP contribution is -2.25. The number of allylic oxidation sites excluding steroid dienone is 1. The number of carbonyl (C=O) groups excluding carboxylic acids is 2. The van der Waals surface area contributed by atoms with Crippen LogP contribution in [0, 0.1) is 12.3 Å². The molecule has 0 aliphatic carbocycles. The van der Waals surface area contributed by atoms with E-state index in [4.69, 9.17) is 30.5 Å². The van der Waals surface area contributed by atoms with Crippen LogP contribution in [0.4, 0.5) is 0 Å². The average molecular weight is 429 g/mol. The zero-order chi connectivity index (χ0) is 21.6. The first-order valence-corrected chi connectivity index (χ1v) is 9.86. The Morgan fingerprint density at radius 1 is 1.20 bits per heavy atom. The molecule has 0 N–H and O–H groups in total. The number of Topliss-reactive ketones (excluding diaryl/α,β-unsaturated/α-hetero) is 1. The minimum atomic E-state index is -0.650. The number of hydrogen-bond acceptors (Lipinski definition) is 6. The monoisotopic (exact) mass is 428 g/mol. The van der Waals surface area contributed by atoms with Gasteiger partial charge in [-0.15, -0.1) is 0 Å². The maximum absolute atomic E-state index is 12.9. The summed E-state index contributed by atoms with van der Waals surface area (Å²) in [6.07, 6.45) is 1.61. The van der Waals surface area contributed by atoms with E-state index in [1.807, 2.05) is 0 Å². The van der Waals surface area contributed by atoms with Crippen molar-refractivity contribution in [3.8, 4) is 17.2 Å². The Balaban J connectivity index is 1.69. The Bertz CT molecular complexity index is 1090. The molecule has 7 heteroatoms. The lowest BCUT2D eigenvalue weighted by Gasteiger charge is -2.20. The van der Waals surface area contributed by atoms with Gasteiger partial charge < -0.3 is 18.9 Å². The molecule has 2 aliphatic heterocycles. The van der Waals surface area contributed by atoms with Crippen LogP contribution in [0.25, 0.3) is 6.08 Å². The van der Waals surface area contributed by atoms with E-state index in [9.17, 15) is 9.59 Å². The molecular weight excluding hydrogens is 408 g/mol. The number of rotatable bonds is 2. The maximum atomic E-state index is 12.9. The maximum Gasteiger partial charge on any atom is 0.316 e. The number of ketones is 1. The fraction of sp³-hybridized carbons (Fsp3) is 0.304. The van der Waals surface area contributed by atoms with Gasteiger partial charge in [0, 0.05) is 21.7 Å². The molecule has 0 radical (unpaired) electrons. The zero-order valence-corrected chi connectivity index (χ0v) is 17.9. The van der Waals surface area contributed by atoms with Gasteiger partial charge in [0.1, 0.15) is 17.2 Å². The molecule has 0 amide bonds. The minimum absolute atomic E-state index is 0.126. The first kappa shape index (κ1) is 20.4. The Morgan fingerprint density at radius 2 is 1.97 bits per heavy atom. The average Bonchev–Trinajstić information content (AvgIpc) is 2.99. The number of benzene rings is 2. The third kappa shape index (κ3) is 3.68. The van der Waals surface area contributed by atoms with Gasteiger partial charge in [-0.1, -0.05) is 11.6 Å². The Morgan fingerprint density at radius 3 is 2.70 bits per heavy atom. The molecule has 156 valence electrons. The summed E-state index contributed by atoms with van der Waals surface area (Å²) in [5, 5.41) is 0.505. The summed E-state index contributed by atoms with van der Waals surface area (Å²) >= 11 is 6.21. The van der Waals surface area contributed by atoms with E-state index in [2.05, 4.69) is 0 Å². The van der Waals surface area contributed by atoms with E-state index in [0.717, 1.165) is 5.56 Å². The van der Waals surface area contributed by atoms with Crippen molar-refractivity contribution < 1.29 is 28.5 Å². The first-order chi connectivity index (χ1) is 14.1. The van der Waals surface area contributed by atoms with Crippen LogP contribution in [0.1, 0.15) is 47.8 Å². The van der Waals surface area contributed by atoms with Crippen molar-refractivity contribution in [2.24, 2.45) is 5.41 Å². The molecule has 2 aromatic rings. The molecule has 0 saturated heterocycles. The second-order valence-electron chi connectivity index (χ2n) is 8.24.